The second-order valence-corrected chi connectivity index (χ2v) is 3.38. The number of ether oxygens (including phenoxy) is 1. The second-order valence-electron chi connectivity index (χ2n) is 3.38. The summed E-state index contributed by atoms with van der Waals surface area (Å²) in [5.74, 6) is 0. The molecule has 72 valence electrons. The van der Waals surface area contributed by atoms with Crippen molar-refractivity contribution in [3.8, 4) is 0 Å². The third kappa shape index (κ3) is 1.89. The third-order valence-corrected chi connectivity index (χ3v) is 2.43. The molecule has 4 heteroatoms. The Morgan fingerprint density at radius 2 is 2.62 bits per heavy atom. The number of hydrogen-bond donors (Lipinski definition) is 1. The summed E-state index contributed by atoms with van der Waals surface area (Å²) in [6.07, 6.45) is 6.33. The van der Waals surface area contributed by atoms with Crippen LogP contribution in [-0.2, 0) is 17.8 Å². The smallest absolute Gasteiger partial charge is 0.0949 e. The number of aromatic nitrogens is 2. The zero-order valence-corrected chi connectivity index (χ0v) is 7.65. The van der Waals surface area contributed by atoms with Crippen LogP contribution in [0.1, 0.15) is 18.5 Å². The Kier molecular flexibility index (Phi) is 2.61. The molecule has 1 aliphatic heterocycles. The van der Waals surface area contributed by atoms with Crippen LogP contribution in [0.25, 0.3) is 0 Å². The predicted octanol–water partition coefficient (Wildman–Crippen LogP) is 0.521. The van der Waals surface area contributed by atoms with Gasteiger partial charge in [0.15, 0.2) is 0 Å². The Labute approximate surface area is 77.7 Å². The van der Waals surface area contributed by atoms with E-state index in [1.165, 1.54) is 6.42 Å². The monoisotopic (exact) mass is 181 g/mol. The topological polar surface area (TPSA) is 53.1 Å². The van der Waals surface area contributed by atoms with Crippen LogP contribution in [0.3, 0.4) is 0 Å². The molecule has 0 radical (unpaired) electrons. The summed E-state index contributed by atoms with van der Waals surface area (Å²) >= 11 is 0. The maximum Gasteiger partial charge on any atom is 0.0949 e. The fourth-order valence-corrected chi connectivity index (χ4v) is 1.69. The predicted molar refractivity (Wildman–Crippen MR) is 49.1 cm³/mol. The highest BCUT2D eigenvalue weighted by Crippen LogP contribution is 2.14. The summed E-state index contributed by atoms with van der Waals surface area (Å²) in [6.45, 7) is 2.34. The minimum Gasteiger partial charge on any atom is -0.376 e. The van der Waals surface area contributed by atoms with Crippen molar-refractivity contribution >= 4 is 0 Å². The zero-order valence-electron chi connectivity index (χ0n) is 7.65. The standard InChI is InChI=1S/C9H15N3O/c10-4-8-5-11-7-12(8)6-9-2-1-3-13-9/h5,7,9H,1-4,6,10H2/t9-/m1/s1. The van der Waals surface area contributed by atoms with Crippen LogP contribution in [-0.4, -0.2) is 22.3 Å². The normalized spacial score (nSPS) is 22.4. The Morgan fingerprint density at radius 3 is 3.31 bits per heavy atom. The van der Waals surface area contributed by atoms with Crippen LogP contribution in [0.5, 0.6) is 0 Å². The summed E-state index contributed by atoms with van der Waals surface area (Å²) in [6, 6.07) is 0. The van der Waals surface area contributed by atoms with Crippen LogP contribution < -0.4 is 5.73 Å². The van der Waals surface area contributed by atoms with E-state index in [-0.39, 0.29) is 0 Å². The van der Waals surface area contributed by atoms with Crippen molar-refractivity contribution in [3.63, 3.8) is 0 Å². The van der Waals surface area contributed by atoms with Gasteiger partial charge < -0.3 is 15.0 Å². The van der Waals surface area contributed by atoms with E-state index in [1.807, 2.05) is 12.5 Å². The summed E-state index contributed by atoms with van der Waals surface area (Å²) in [5.41, 5.74) is 6.65. The molecule has 0 spiro atoms. The van der Waals surface area contributed by atoms with Gasteiger partial charge in [0.1, 0.15) is 0 Å². The molecule has 1 aromatic heterocycles. The van der Waals surface area contributed by atoms with Gasteiger partial charge in [-0.3, -0.25) is 0 Å². The second kappa shape index (κ2) is 3.89. The lowest BCUT2D eigenvalue weighted by atomic mass is 10.2. The van der Waals surface area contributed by atoms with E-state index in [9.17, 15) is 0 Å². The van der Waals surface area contributed by atoms with Gasteiger partial charge in [0.25, 0.3) is 0 Å². The number of hydrogen-bond acceptors (Lipinski definition) is 3. The lowest BCUT2D eigenvalue weighted by Crippen LogP contribution is -2.17. The fourth-order valence-electron chi connectivity index (χ4n) is 1.69. The first-order valence-electron chi connectivity index (χ1n) is 4.71. The average molecular weight is 181 g/mol. The Morgan fingerprint density at radius 1 is 1.69 bits per heavy atom. The molecule has 0 bridgehead atoms. The van der Waals surface area contributed by atoms with E-state index >= 15 is 0 Å². The maximum atomic E-state index is 5.57. The lowest BCUT2D eigenvalue weighted by molar-refractivity contribution is 0.0963. The maximum absolute atomic E-state index is 5.57. The number of nitrogens with zero attached hydrogens (tertiary/aromatic N) is 2. The van der Waals surface area contributed by atoms with Crippen LogP contribution in [0.15, 0.2) is 12.5 Å². The fraction of sp³-hybridized carbons (Fsp3) is 0.667. The first-order valence-corrected chi connectivity index (χ1v) is 4.71. The highest BCUT2D eigenvalue weighted by atomic mass is 16.5. The molecule has 1 fully saturated rings. The van der Waals surface area contributed by atoms with E-state index in [0.717, 1.165) is 25.3 Å². The largest absolute Gasteiger partial charge is 0.376 e. The van der Waals surface area contributed by atoms with Crippen LogP contribution in [0.4, 0.5) is 0 Å². The van der Waals surface area contributed by atoms with Crippen LogP contribution in [0, 0.1) is 0 Å². The summed E-state index contributed by atoms with van der Waals surface area (Å²) in [4.78, 5) is 4.06. The first kappa shape index (κ1) is 8.72. The molecule has 2 heterocycles. The molecular weight excluding hydrogens is 166 g/mol. The molecule has 0 saturated carbocycles. The summed E-state index contributed by atoms with van der Waals surface area (Å²) in [7, 11) is 0. The number of imidazole rings is 1. The number of rotatable bonds is 3. The molecular formula is C9H15N3O. The molecule has 1 aromatic rings. The van der Waals surface area contributed by atoms with E-state index in [1.54, 1.807) is 0 Å². The van der Waals surface area contributed by atoms with E-state index < -0.39 is 0 Å². The summed E-state index contributed by atoms with van der Waals surface area (Å²) < 4.78 is 7.62. The molecule has 2 rings (SSSR count). The molecule has 13 heavy (non-hydrogen) atoms. The van der Waals surface area contributed by atoms with Gasteiger partial charge >= 0.3 is 0 Å². The molecule has 1 saturated heterocycles. The van der Waals surface area contributed by atoms with Gasteiger partial charge in [0.05, 0.1) is 24.7 Å². The van der Waals surface area contributed by atoms with Gasteiger partial charge in [-0.25, -0.2) is 4.98 Å². The molecule has 4 nitrogen and oxygen atoms in total. The highest BCUT2D eigenvalue weighted by molar-refractivity contribution is 4.97. The van der Waals surface area contributed by atoms with Gasteiger partial charge in [-0.2, -0.15) is 0 Å². The van der Waals surface area contributed by atoms with E-state index in [2.05, 4.69) is 9.55 Å². The summed E-state index contributed by atoms with van der Waals surface area (Å²) in [5, 5.41) is 0. The van der Waals surface area contributed by atoms with Crippen LogP contribution >= 0.6 is 0 Å². The molecule has 0 aliphatic carbocycles. The Balaban J connectivity index is 1.99. The SMILES string of the molecule is NCc1cncn1C[C@H]1CCCO1. The minimum atomic E-state index is 0.361. The average Bonchev–Trinajstić information content (AvgIpc) is 2.76. The van der Waals surface area contributed by atoms with Gasteiger partial charge in [0, 0.05) is 19.3 Å². The van der Waals surface area contributed by atoms with Crippen molar-refractivity contribution < 1.29 is 4.74 Å². The van der Waals surface area contributed by atoms with Crippen molar-refractivity contribution in [1.82, 2.24) is 9.55 Å². The van der Waals surface area contributed by atoms with E-state index in [0.29, 0.717) is 12.6 Å². The number of nitrogens with two attached hydrogens (primary N) is 1. The minimum absolute atomic E-state index is 0.361. The van der Waals surface area contributed by atoms with Gasteiger partial charge in [-0.05, 0) is 12.8 Å². The molecule has 1 atom stereocenters. The Bertz CT molecular complexity index is 266. The molecule has 1 aliphatic rings. The van der Waals surface area contributed by atoms with Gasteiger partial charge in [-0.15, -0.1) is 0 Å². The molecule has 2 N–H and O–H groups in total. The molecule has 0 aromatic carbocycles. The Hall–Kier alpha value is -0.870. The van der Waals surface area contributed by atoms with Crippen molar-refractivity contribution in [2.45, 2.75) is 32.0 Å². The lowest BCUT2D eigenvalue weighted by Gasteiger charge is -2.11. The zero-order chi connectivity index (χ0) is 9.10. The van der Waals surface area contributed by atoms with Crippen molar-refractivity contribution in [3.05, 3.63) is 18.2 Å². The van der Waals surface area contributed by atoms with Gasteiger partial charge in [-0.1, -0.05) is 0 Å². The third-order valence-electron chi connectivity index (χ3n) is 2.43. The van der Waals surface area contributed by atoms with Crippen molar-refractivity contribution in [1.29, 1.82) is 0 Å². The highest BCUT2D eigenvalue weighted by Gasteiger charge is 2.16. The van der Waals surface area contributed by atoms with E-state index in [4.69, 9.17) is 10.5 Å². The van der Waals surface area contributed by atoms with Crippen molar-refractivity contribution in [2.75, 3.05) is 6.61 Å². The molecule has 0 unspecified atom stereocenters. The van der Waals surface area contributed by atoms with Crippen LogP contribution in [0.2, 0.25) is 0 Å². The first-order chi connectivity index (χ1) is 6.40. The van der Waals surface area contributed by atoms with Crippen molar-refractivity contribution in [2.24, 2.45) is 5.73 Å². The van der Waals surface area contributed by atoms with Gasteiger partial charge in [0.2, 0.25) is 0 Å². The quantitative estimate of drug-likeness (QED) is 0.739. The molecule has 0 amide bonds.